The van der Waals surface area contributed by atoms with E-state index in [1.807, 2.05) is 38.1 Å². The van der Waals surface area contributed by atoms with E-state index in [0.29, 0.717) is 20.9 Å². The van der Waals surface area contributed by atoms with Crippen LogP contribution in [0.3, 0.4) is 0 Å². The molecule has 39 heavy (non-hydrogen) atoms. The van der Waals surface area contributed by atoms with Crippen LogP contribution in [0, 0.1) is 13.8 Å². The number of carbonyl (C=O) groups is 2. The molecule has 10 heteroatoms. The minimum absolute atomic E-state index is 0.0572. The lowest BCUT2D eigenvalue weighted by atomic mass is 9.99. The van der Waals surface area contributed by atoms with Crippen molar-refractivity contribution < 1.29 is 28.2 Å². The van der Waals surface area contributed by atoms with Gasteiger partial charge in [0.05, 0.1) is 32.3 Å². The average molecular weight is 563 g/mol. The summed E-state index contributed by atoms with van der Waals surface area (Å²) in [5.41, 5.74) is 3.57. The van der Waals surface area contributed by atoms with E-state index in [4.69, 9.17) is 0 Å². The van der Waals surface area contributed by atoms with Gasteiger partial charge in [0.25, 0.3) is 0 Å². The first-order chi connectivity index (χ1) is 18.6. The van der Waals surface area contributed by atoms with E-state index in [-0.39, 0.29) is 28.9 Å². The van der Waals surface area contributed by atoms with Crippen molar-refractivity contribution in [1.29, 1.82) is 0 Å². The van der Waals surface area contributed by atoms with Gasteiger partial charge in [0.15, 0.2) is 0 Å². The van der Waals surface area contributed by atoms with Crippen LogP contribution < -0.4 is 9.44 Å². The third-order valence-corrected chi connectivity index (χ3v) is 8.12. The minimum Gasteiger partial charge on any atom is -0.478 e. The summed E-state index contributed by atoms with van der Waals surface area (Å²) in [7, 11) is -3.31. The molecule has 0 amide bonds. The summed E-state index contributed by atoms with van der Waals surface area (Å²) < 4.78 is 31.0. The maximum Gasteiger partial charge on any atom is 0.337 e. The van der Waals surface area contributed by atoms with Crippen LogP contribution in [0.4, 0.5) is 11.4 Å². The van der Waals surface area contributed by atoms with Gasteiger partial charge >= 0.3 is 11.9 Å². The van der Waals surface area contributed by atoms with Crippen LogP contribution in [-0.4, -0.2) is 30.6 Å². The highest BCUT2D eigenvalue weighted by atomic mass is 32.2. The lowest BCUT2D eigenvalue weighted by Gasteiger charge is -2.13. The van der Waals surface area contributed by atoms with E-state index in [2.05, 4.69) is 9.44 Å². The molecule has 0 spiro atoms. The van der Waals surface area contributed by atoms with E-state index < -0.39 is 33.9 Å². The molecule has 0 saturated carbocycles. The van der Waals surface area contributed by atoms with Crippen molar-refractivity contribution in [1.82, 2.24) is 0 Å². The molecule has 0 radical (unpaired) electrons. The molecule has 0 heterocycles. The number of nitrogens with one attached hydrogen (secondary N) is 2. The van der Waals surface area contributed by atoms with E-state index >= 15 is 0 Å². The number of rotatable bonds is 10. The van der Waals surface area contributed by atoms with Crippen LogP contribution in [-0.2, 0) is 28.4 Å². The van der Waals surface area contributed by atoms with Crippen LogP contribution in [0.25, 0.3) is 0 Å². The summed E-state index contributed by atoms with van der Waals surface area (Å²) >= 11 is 0. The Hall–Kier alpha value is -4.28. The van der Waals surface area contributed by atoms with Gasteiger partial charge in [0.2, 0.25) is 0 Å². The second-order valence-electron chi connectivity index (χ2n) is 8.91. The SMILES string of the molecule is Cc1ccc(S(=O)Nc2ccc(Cc3ccc(NS(=O)c4ccc(C)cc4)c(C(=O)O)c3)cc2C(=O)O)cc1. The van der Waals surface area contributed by atoms with Crippen molar-refractivity contribution in [2.75, 3.05) is 9.44 Å². The van der Waals surface area contributed by atoms with Crippen LogP contribution in [0.5, 0.6) is 0 Å². The number of aromatic carboxylic acids is 2. The number of anilines is 2. The third-order valence-electron chi connectivity index (χ3n) is 5.91. The third kappa shape index (κ3) is 6.98. The Morgan fingerprint density at radius 2 is 0.974 bits per heavy atom. The van der Waals surface area contributed by atoms with Gasteiger partial charge in [-0.1, -0.05) is 47.5 Å². The summed E-state index contributed by atoms with van der Waals surface area (Å²) in [4.78, 5) is 24.9. The van der Waals surface area contributed by atoms with Crippen molar-refractivity contribution in [3.05, 3.63) is 118 Å². The highest BCUT2D eigenvalue weighted by Crippen LogP contribution is 2.25. The topological polar surface area (TPSA) is 133 Å². The Kier molecular flexibility index (Phi) is 8.58. The summed E-state index contributed by atoms with van der Waals surface area (Å²) in [6, 6.07) is 23.5. The predicted octanol–water partition coefficient (Wildman–Crippen LogP) is 5.56. The maximum absolute atomic E-state index is 12.7. The molecular formula is C29H26N2O6S2. The molecular weight excluding hydrogens is 536 g/mol. The highest BCUT2D eigenvalue weighted by Gasteiger charge is 2.17. The molecule has 0 aliphatic heterocycles. The standard InChI is InChI=1S/C29H26N2O6S2/c1-18-3-9-22(10-4-18)38(36)30-26-13-7-20(16-24(26)28(32)33)15-21-8-14-27(25(17-21)29(34)35)31-39(37)23-11-5-19(2)6-12-23/h3-14,16-17,30-31H,15H2,1-2H3,(H,32,33)(H,34,35). The smallest absolute Gasteiger partial charge is 0.337 e. The molecule has 0 bridgehead atoms. The van der Waals surface area contributed by atoms with Crippen molar-refractivity contribution in [3.63, 3.8) is 0 Å². The first-order valence-corrected chi connectivity index (χ1v) is 14.1. The number of hydrogen-bond donors (Lipinski definition) is 4. The first kappa shape index (κ1) is 27.7. The molecule has 0 saturated heterocycles. The average Bonchev–Trinajstić information content (AvgIpc) is 2.90. The van der Waals surface area contributed by atoms with Gasteiger partial charge in [-0.2, -0.15) is 0 Å². The fourth-order valence-electron chi connectivity index (χ4n) is 3.81. The molecule has 0 fully saturated rings. The summed E-state index contributed by atoms with van der Waals surface area (Å²) in [5, 5.41) is 19.5. The van der Waals surface area contributed by atoms with Gasteiger partial charge in [-0.15, -0.1) is 0 Å². The zero-order chi connectivity index (χ0) is 28.1. The van der Waals surface area contributed by atoms with Gasteiger partial charge in [0, 0.05) is 0 Å². The quantitative estimate of drug-likeness (QED) is 0.200. The molecule has 200 valence electrons. The highest BCUT2D eigenvalue weighted by molar-refractivity contribution is 7.86. The molecule has 4 rings (SSSR count). The molecule has 8 nitrogen and oxygen atoms in total. The Morgan fingerprint density at radius 1 is 0.615 bits per heavy atom. The van der Waals surface area contributed by atoms with E-state index in [1.54, 1.807) is 48.5 Å². The van der Waals surface area contributed by atoms with Crippen LogP contribution in [0.15, 0.2) is 94.7 Å². The van der Waals surface area contributed by atoms with Crippen LogP contribution >= 0.6 is 0 Å². The lowest BCUT2D eigenvalue weighted by Crippen LogP contribution is -2.11. The van der Waals surface area contributed by atoms with Gasteiger partial charge in [-0.25, -0.2) is 18.0 Å². The normalized spacial score (nSPS) is 12.4. The minimum atomic E-state index is -1.66. The van der Waals surface area contributed by atoms with Crippen molar-refractivity contribution in [2.45, 2.75) is 30.1 Å². The zero-order valence-electron chi connectivity index (χ0n) is 21.1. The summed E-state index contributed by atoms with van der Waals surface area (Å²) in [6.45, 7) is 3.83. The second-order valence-corrected chi connectivity index (χ2v) is 11.3. The number of carboxylic acids is 2. The van der Waals surface area contributed by atoms with Crippen LogP contribution in [0.2, 0.25) is 0 Å². The van der Waals surface area contributed by atoms with Crippen molar-refractivity contribution >= 4 is 45.3 Å². The lowest BCUT2D eigenvalue weighted by molar-refractivity contribution is 0.0687. The number of hydrogen-bond acceptors (Lipinski definition) is 4. The second kappa shape index (κ2) is 12.1. The number of aryl methyl sites for hydroxylation is 2. The summed E-state index contributed by atoms with van der Waals surface area (Å²) in [6.07, 6.45) is 0.253. The molecule has 2 atom stereocenters. The Morgan fingerprint density at radius 3 is 1.31 bits per heavy atom. The molecule has 4 aromatic carbocycles. The largest absolute Gasteiger partial charge is 0.478 e. The molecule has 4 aromatic rings. The number of benzene rings is 4. The Balaban J connectivity index is 1.54. The molecule has 0 aromatic heterocycles. The fraction of sp³-hybridized carbons (Fsp3) is 0.103. The number of carboxylic acid groups (broad SMARTS) is 2. The zero-order valence-corrected chi connectivity index (χ0v) is 22.8. The molecule has 0 aliphatic rings. The molecule has 0 aliphatic carbocycles. The van der Waals surface area contributed by atoms with Crippen molar-refractivity contribution in [2.24, 2.45) is 0 Å². The Labute approximate surface area is 230 Å². The first-order valence-electron chi connectivity index (χ1n) is 11.8. The molecule has 4 N–H and O–H groups in total. The van der Waals surface area contributed by atoms with Crippen molar-refractivity contribution in [3.8, 4) is 0 Å². The molecule has 2 unspecified atom stereocenters. The van der Waals surface area contributed by atoms with Crippen LogP contribution in [0.1, 0.15) is 43.0 Å². The van der Waals surface area contributed by atoms with E-state index in [9.17, 15) is 28.2 Å². The van der Waals surface area contributed by atoms with Gasteiger partial charge in [-0.05, 0) is 79.9 Å². The van der Waals surface area contributed by atoms with Gasteiger partial charge < -0.3 is 19.7 Å². The Bertz CT molecular complexity index is 1470. The predicted molar refractivity (Wildman–Crippen MR) is 152 cm³/mol. The van der Waals surface area contributed by atoms with Gasteiger partial charge in [-0.3, -0.25) is 0 Å². The van der Waals surface area contributed by atoms with Gasteiger partial charge in [0.1, 0.15) is 22.0 Å². The monoisotopic (exact) mass is 562 g/mol. The maximum atomic E-state index is 12.7. The fourth-order valence-corrected chi connectivity index (χ4v) is 5.57. The van der Waals surface area contributed by atoms with E-state index in [1.165, 1.54) is 12.1 Å². The summed E-state index contributed by atoms with van der Waals surface area (Å²) in [5.74, 6) is -2.38. The van der Waals surface area contributed by atoms with E-state index in [0.717, 1.165) is 11.1 Å².